The molecule has 2 aromatic rings. The topological polar surface area (TPSA) is 41.3 Å². The van der Waals surface area contributed by atoms with Crippen molar-refractivity contribution in [3.05, 3.63) is 71.0 Å². The Hall–Kier alpha value is -1.75. The third-order valence-corrected chi connectivity index (χ3v) is 5.01. The molecule has 0 atom stereocenters. The van der Waals surface area contributed by atoms with Crippen LogP contribution in [0.2, 0.25) is 0 Å². The molecule has 1 aliphatic heterocycles. The molecule has 1 aliphatic rings. The summed E-state index contributed by atoms with van der Waals surface area (Å²) in [6.45, 7) is 15.5. The third-order valence-electron chi connectivity index (χ3n) is 5.01. The van der Waals surface area contributed by atoms with Crippen LogP contribution in [0, 0.1) is 11.7 Å². The third kappa shape index (κ3) is 14.3. The highest BCUT2D eigenvalue weighted by Crippen LogP contribution is 2.20. The summed E-state index contributed by atoms with van der Waals surface area (Å²) in [5.41, 5.74) is 9.12. The Morgan fingerprint density at radius 1 is 1.03 bits per heavy atom. The molecule has 0 saturated heterocycles. The lowest BCUT2D eigenvalue weighted by Gasteiger charge is -2.20. The normalized spacial score (nSPS) is 12.8. The van der Waals surface area contributed by atoms with Gasteiger partial charge in [-0.15, -0.1) is 0 Å². The Morgan fingerprint density at radius 2 is 1.62 bits per heavy atom. The number of aryl methyl sites for hydroxylation is 1. The van der Waals surface area contributed by atoms with Crippen molar-refractivity contribution >= 4 is 0 Å². The molecule has 0 spiro atoms. The zero-order valence-corrected chi connectivity index (χ0v) is 21.5. The first-order valence-electron chi connectivity index (χ1n) is 12.4. The standard InChI is InChI=1S/C17H18FN.C6H15N.C3H9N.C2H6/c18-17-9-7-14(8-10-17)12-19-11-3-6-15-4-1-2-5-16(15)13-19;1-6(2)4-5-7-3;1-2-3-4;1-2/h1-2,4-5,7-10H,3,6,11-13H2;6-7H,4-5H2,1-3H3;2-4H2,1H3;1-2H3. The van der Waals surface area contributed by atoms with E-state index in [0.717, 1.165) is 51.5 Å². The number of nitrogens with zero attached hydrogens (tertiary/aromatic N) is 1. The minimum Gasteiger partial charge on any atom is -0.330 e. The first kappa shape index (κ1) is 30.2. The molecule has 0 saturated carbocycles. The average molecular weight is 446 g/mol. The van der Waals surface area contributed by atoms with Crippen LogP contribution in [0.15, 0.2) is 48.5 Å². The highest BCUT2D eigenvalue weighted by molar-refractivity contribution is 5.28. The monoisotopic (exact) mass is 445 g/mol. The molecule has 3 nitrogen and oxygen atoms in total. The van der Waals surface area contributed by atoms with Crippen LogP contribution in [-0.4, -0.2) is 31.6 Å². The molecular formula is C28H48FN3. The van der Waals surface area contributed by atoms with Crippen molar-refractivity contribution in [2.75, 3.05) is 26.7 Å². The van der Waals surface area contributed by atoms with E-state index in [4.69, 9.17) is 5.73 Å². The molecule has 0 aliphatic carbocycles. The molecule has 0 fully saturated rings. The van der Waals surface area contributed by atoms with Crippen molar-refractivity contribution in [1.82, 2.24) is 10.2 Å². The number of fused-ring (bicyclic) bond motifs is 1. The fourth-order valence-electron chi connectivity index (χ4n) is 3.18. The molecule has 1 heterocycles. The SMILES string of the molecule is CC.CCCN.CNCCC(C)C.Fc1ccc(CN2CCCc3ccccc3C2)cc1. The zero-order chi connectivity index (χ0) is 24.2. The summed E-state index contributed by atoms with van der Waals surface area (Å²) in [5.74, 6) is 0.678. The fraction of sp³-hybridized carbons (Fsp3) is 0.571. The van der Waals surface area contributed by atoms with Crippen LogP contribution >= 0.6 is 0 Å². The van der Waals surface area contributed by atoms with Gasteiger partial charge in [0.15, 0.2) is 0 Å². The second-order valence-corrected chi connectivity index (χ2v) is 8.28. The number of rotatable bonds is 6. The molecule has 3 N–H and O–H groups in total. The number of nitrogens with one attached hydrogen (secondary N) is 1. The van der Waals surface area contributed by atoms with Gasteiger partial charge < -0.3 is 11.1 Å². The van der Waals surface area contributed by atoms with E-state index in [1.165, 1.54) is 29.5 Å². The minimum absolute atomic E-state index is 0.162. The molecule has 0 radical (unpaired) electrons. The van der Waals surface area contributed by atoms with Crippen LogP contribution in [0.25, 0.3) is 0 Å². The molecule has 0 bridgehead atoms. The summed E-state index contributed by atoms with van der Waals surface area (Å²) >= 11 is 0. The van der Waals surface area contributed by atoms with Crippen molar-refractivity contribution in [2.24, 2.45) is 11.7 Å². The van der Waals surface area contributed by atoms with Gasteiger partial charge >= 0.3 is 0 Å². The zero-order valence-electron chi connectivity index (χ0n) is 21.5. The molecule has 3 rings (SSSR count). The smallest absolute Gasteiger partial charge is 0.123 e. The van der Waals surface area contributed by atoms with Crippen LogP contribution in [0.5, 0.6) is 0 Å². The molecular weight excluding hydrogens is 397 g/mol. The van der Waals surface area contributed by atoms with Gasteiger partial charge in [-0.3, -0.25) is 4.90 Å². The van der Waals surface area contributed by atoms with Crippen LogP contribution in [0.1, 0.15) is 70.6 Å². The van der Waals surface area contributed by atoms with Gasteiger partial charge in [0.05, 0.1) is 0 Å². The maximum absolute atomic E-state index is 12.9. The Labute approximate surface area is 197 Å². The quantitative estimate of drug-likeness (QED) is 0.540. The molecule has 182 valence electrons. The minimum atomic E-state index is -0.162. The van der Waals surface area contributed by atoms with E-state index in [-0.39, 0.29) is 5.82 Å². The van der Waals surface area contributed by atoms with Crippen molar-refractivity contribution in [3.8, 4) is 0 Å². The number of hydrogen-bond acceptors (Lipinski definition) is 3. The fourth-order valence-corrected chi connectivity index (χ4v) is 3.18. The lowest BCUT2D eigenvalue weighted by molar-refractivity contribution is 0.261. The summed E-state index contributed by atoms with van der Waals surface area (Å²) in [5, 5.41) is 3.10. The van der Waals surface area contributed by atoms with Crippen LogP contribution in [0.3, 0.4) is 0 Å². The van der Waals surface area contributed by atoms with Gasteiger partial charge in [0.25, 0.3) is 0 Å². The van der Waals surface area contributed by atoms with E-state index in [1.54, 1.807) is 12.1 Å². The first-order chi connectivity index (χ1) is 15.5. The Kier molecular flexibility index (Phi) is 18.8. The van der Waals surface area contributed by atoms with E-state index in [9.17, 15) is 4.39 Å². The van der Waals surface area contributed by atoms with Crippen LogP contribution < -0.4 is 11.1 Å². The first-order valence-corrected chi connectivity index (χ1v) is 12.4. The maximum atomic E-state index is 12.9. The molecule has 0 unspecified atom stereocenters. The summed E-state index contributed by atoms with van der Waals surface area (Å²) in [4.78, 5) is 2.44. The molecule has 32 heavy (non-hydrogen) atoms. The summed E-state index contributed by atoms with van der Waals surface area (Å²) in [7, 11) is 1.99. The van der Waals surface area contributed by atoms with Crippen molar-refractivity contribution in [3.63, 3.8) is 0 Å². The second kappa shape index (κ2) is 19.9. The second-order valence-electron chi connectivity index (χ2n) is 8.28. The average Bonchev–Trinajstić information content (AvgIpc) is 3.03. The Balaban J connectivity index is 0.000000619. The van der Waals surface area contributed by atoms with E-state index in [2.05, 4.69) is 55.3 Å². The van der Waals surface area contributed by atoms with Crippen molar-refractivity contribution < 1.29 is 4.39 Å². The van der Waals surface area contributed by atoms with Gasteiger partial charge in [0, 0.05) is 13.1 Å². The largest absolute Gasteiger partial charge is 0.330 e. The lowest BCUT2D eigenvalue weighted by atomic mass is 10.0. The van der Waals surface area contributed by atoms with Gasteiger partial charge in [-0.2, -0.15) is 0 Å². The number of nitrogens with two attached hydrogens (primary N) is 1. The van der Waals surface area contributed by atoms with Gasteiger partial charge in [-0.25, -0.2) is 4.39 Å². The van der Waals surface area contributed by atoms with E-state index in [0.29, 0.717) is 0 Å². The highest BCUT2D eigenvalue weighted by atomic mass is 19.1. The van der Waals surface area contributed by atoms with Crippen LogP contribution in [-0.2, 0) is 19.5 Å². The number of halogens is 1. The number of benzene rings is 2. The lowest BCUT2D eigenvalue weighted by Crippen LogP contribution is -2.22. The van der Waals surface area contributed by atoms with Crippen molar-refractivity contribution in [1.29, 1.82) is 0 Å². The summed E-state index contributed by atoms with van der Waals surface area (Å²) < 4.78 is 12.9. The maximum Gasteiger partial charge on any atom is 0.123 e. The Bertz CT molecular complexity index is 669. The predicted molar refractivity (Wildman–Crippen MR) is 139 cm³/mol. The summed E-state index contributed by atoms with van der Waals surface area (Å²) in [6, 6.07) is 15.5. The predicted octanol–water partition coefficient (Wildman–Crippen LogP) is 6.41. The molecule has 4 heteroatoms. The molecule has 0 amide bonds. The highest BCUT2D eigenvalue weighted by Gasteiger charge is 2.13. The summed E-state index contributed by atoms with van der Waals surface area (Å²) in [6.07, 6.45) is 4.74. The molecule has 0 aromatic heterocycles. The Morgan fingerprint density at radius 3 is 2.12 bits per heavy atom. The van der Waals surface area contributed by atoms with Gasteiger partial charge in [0.2, 0.25) is 0 Å². The van der Waals surface area contributed by atoms with E-state index < -0.39 is 0 Å². The van der Waals surface area contributed by atoms with Gasteiger partial charge in [-0.1, -0.05) is 71.0 Å². The van der Waals surface area contributed by atoms with Crippen LogP contribution in [0.4, 0.5) is 4.39 Å². The van der Waals surface area contributed by atoms with Gasteiger partial charge in [0.1, 0.15) is 5.82 Å². The van der Waals surface area contributed by atoms with Gasteiger partial charge in [-0.05, 0) is 87.1 Å². The van der Waals surface area contributed by atoms with E-state index in [1.807, 2.05) is 33.0 Å². The molecule has 2 aromatic carbocycles. The number of hydrogen-bond donors (Lipinski definition) is 2. The van der Waals surface area contributed by atoms with E-state index >= 15 is 0 Å². The van der Waals surface area contributed by atoms with Crippen molar-refractivity contribution in [2.45, 2.75) is 73.4 Å².